The first-order valence-corrected chi connectivity index (χ1v) is 10.0. The van der Waals surface area contributed by atoms with Gasteiger partial charge in [0.25, 0.3) is 11.8 Å². The summed E-state index contributed by atoms with van der Waals surface area (Å²) in [5, 5.41) is 7.07. The van der Waals surface area contributed by atoms with Gasteiger partial charge < -0.3 is 25.0 Å². The number of methoxy groups -OCH3 is 2. The van der Waals surface area contributed by atoms with E-state index in [4.69, 9.17) is 9.47 Å². The lowest BCUT2D eigenvalue weighted by atomic mass is 10.0. The van der Waals surface area contributed by atoms with Crippen molar-refractivity contribution in [3.8, 4) is 11.9 Å². The van der Waals surface area contributed by atoms with Crippen LogP contribution >= 0.6 is 0 Å². The topological polar surface area (TPSA) is 114 Å². The van der Waals surface area contributed by atoms with Gasteiger partial charge in [0.2, 0.25) is 0 Å². The molecule has 2 aromatic heterocycles. The molecule has 1 amide bonds. The number of fused-ring (bicyclic) bond motifs is 1. The first kappa shape index (κ1) is 20.7. The fourth-order valence-corrected chi connectivity index (χ4v) is 3.91. The fourth-order valence-electron chi connectivity index (χ4n) is 3.91. The average Bonchev–Trinajstić information content (AvgIpc) is 2.77. The second-order valence-electron chi connectivity index (χ2n) is 7.49. The number of carbonyl (C=O) groups excluding carboxylic acids is 1. The van der Waals surface area contributed by atoms with Gasteiger partial charge in [0.1, 0.15) is 0 Å². The third-order valence-corrected chi connectivity index (χ3v) is 5.12. The van der Waals surface area contributed by atoms with Crippen molar-refractivity contribution < 1.29 is 14.3 Å². The second kappa shape index (κ2) is 8.68. The predicted molar refractivity (Wildman–Crippen MR) is 117 cm³/mol. The van der Waals surface area contributed by atoms with Crippen molar-refractivity contribution in [3.63, 3.8) is 0 Å². The molecule has 0 aliphatic carbocycles. The maximum atomic E-state index is 13.1. The normalized spacial score (nSPS) is 18.6. The minimum absolute atomic E-state index is 0.192. The molecule has 10 nitrogen and oxygen atoms in total. The lowest BCUT2D eigenvalue weighted by molar-refractivity contribution is 0.102. The van der Waals surface area contributed by atoms with Crippen LogP contribution in [0.25, 0.3) is 10.9 Å². The number of ether oxygens (including phenoxy) is 2. The van der Waals surface area contributed by atoms with Gasteiger partial charge in [-0.15, -0.1) is 0 Å². The number of piperazine rings is 1. The van der Waals surface area contributed by atoms with Gasteiger partial charge in [0, 0.05) is 54.8 Å². The highest BCUT2D eigenvalue weighted by Crippen LogP contribution is 2.31. The maximum Gasteiger partial charge on any atom is 0.316 e. The van der Waals surface area contributed by atoms with E-state index in [1.807, 2.05) is 6.07 Å². The summed E-state index contributed by atoms with van der Waals surface area (Å²) in [6.45, 7) is 5.99. The Hall–Kier alpha value is -3.53. The summed E-state index contributed by atoms with van der Waals surface area (Å²) in [4.78, 5) is 32.4. The number of hydrogen-bond donors (Lipinski definition) is 2. The van der Waals surface area contributed by atoms with E-state index in [1.165, 1.54) is 26.6 Å². The van der Waals surface area contributed by atoms with E-state index < -0.39 is 0 Å². The molecular weight excluding hydrogens is 398 g/mol. The molecule has 10 heteroatoms. The molecule has 1 fully saturated rings. The molecule has 0 spiro atoms. The van der Waals surface area contributed by atoms with Crippen molar-refractivity contribution in [1.29, 1.82) is 0 Å². The molecule has 4 rings (SSSR count). The van der Waals surface area contributed by atoms with Crippen LogP contribution in [0, 0.1) is 0 Å². The third kappa shape index (κ3) is 4.19. The molecule has 2 N–H and O–H groups in total. The number of anilines is 2. The zero-order valence-electron chi connectivity index (χ0n) is 17.9. The van der Waals surface area contributed by atoms with Crippen LogP contribution < -0.4 is 25.0 Å². The Balaban J connectivity index is 1.76. The summed E-state index contributed by atoms with van der Waals surface area (Å²) < 4.78 is 10.4. The highest BCUT2D eigenvalue weighted by Gasteiger charge is 2.25. The number of benzene rings is 1. The standard InChI is InChI=1S/C21H25N7O3/c1-12-10-28(11-13(2)25-12)16-6-5-14(17-15(16)9-24-21(26-17)31-4)19(29)27-18-20(30-3)23-8-7-22-18/h5-9,12-13,25H,10-11H2,1-4H3,(H,22,27,29). The largest absolute Gasteiger partial charge is 0.478 e. The molecule has 1 aliphatic heterocycles. The molecule has 162 valence electrons. The van der Waals surface area contributed by atoms with Crippen LogP contribution in [0.15, 0.2) is 30.7 Å². The quantitative estimate of drug-likeness (QED) is 0.635. The average molecular weight is 423 g/mol. The van der Waals surface area contributed by atoms with Gasteiger partial charge in [-0.05, 0) is 26.0 Å². The zero-order chi connectivity index (χ0) is 22.0. The first-order valence-electron chi connectivity index (χ1n) is 10.0. The lowest BCUT2D eigenvalue weighted by Crippen LogP contribution is -2.54. The summed E-state index contributed by atoms with van der Waals surface area (Å²) in [6.07, 6.45) is 4.68. The maximum absolute atomic E-state index is 13.1. The van der Waals surface area contributed by atoms with Crippen molar-refractivity contribution in [2.45, 2.75) is 25.9 Å². The summed E-state index contributed by atoms with van der Waals surface area (Å²) in [5.74, 6) is 0.0870. The van der Waals surface area contributed by atoms with E-state index in [9.17, 15) is 4.79 Å². The minimum atomic E-state index is -0.377. The molecule has 3 heterocycles. The highest BCUT2D eigenvalue weighted by molar-refractivity contribution is 6.13. The molecule has 2 atom stereocenters. The van der Waals surface area contributed by atoms with Crippen LogP contribution in [0.1, 0.15) is 24.2 Å². The SMILES string of the molecule is COc1ncc2c(N3CC(C)NC(C)C3)ccc(C(=O)Nc3nccnc3OC)c2n1. The van der Waals surface area contributed by atoms with Crippen LogP contribution in [0.4, 0.5) is 11.5 Å². The van der Waals surface area contributed by atoms with Gasteiger partial charge >= 0.3 is 6.01 Å². The fraction of sp³-hybridized carbons (Fsp3) is 0.381. The summed E-state index contributed by atoms with van der Waals surface area (Å²) >= 11 is 0. The number of nitrogens with one attached hydrogen (secondary N) is 2. The van der Waals surface area contributed by atoms with Gasteiger partial charge in [-0.1, -0.05) is 0 Å². The van der Waals surface area contributed by atoms with E-state index in [0.29, 0.717) is 23.2 Å². The Labute approximate surface area is 180 Å². The first-order chi connectivity index (χ1) is 15.0. The highest BCUT2D eigenvalue weighted by atomic mass is 16.5. The third-order valence-electron chi connectivity index (χ3n) is 5.12. The number of aromatic nitrogens is 4. The van der Waals surface area contributed by atoms with E-state index in [0.717, 1.165) is 24.2 Å². The van der Waals surface area contributed by atoms with Crippen molar-refractivity contribution >= 4 is 28.3 Å². The van der Waals surface area contributed by atoms with Crippen LogP contribution in [-0.4, -0.2) is 65.2 Å². The number of rotatable bonds is 5. The molecule has 2 unspecified atom stereocenters. The van der Waals surface area contributed by atoms with E-state index in [2.05, 4.69) is 49.3 Å². The van der Waals surface area contributed by atoms with Gasteiger partial charge in [0.05, 0.1) is 25.3 Å². The molecule has 1 saturated heterocycles. The molecule has 0 bridgehead atoms. The van der Waals surface area contributed by atoms with Crippen molar-refractivity contribution in [2.24, 2.45) is 0 Å². The minimum Gasteiger partial charge on any atom is -0.478 e. The van der Waals surface area contributed by atoms with Crippen molar-refractivity contribution in [1.82, 2.24) is 25.3 Å². The Bertz CT molecular complexity index is 1100. The number of hydrogen-bond acceptors (Lipinski definition) is 9. The molecule has 31 heavy (non-hydrogen) atoms. The molecule has 3 aromatic rings. The van der Waals surface area contributed by atoms with Crippen LogP contribution in [-0.2, 0) is 0 Å². The van der Waals surface area contributed by atoms with Gasteiger partial charge in [0.15, 0.2) is 5.82 Å². The Kier molecular flexibility index (Phi) is 5.81. The Morgan fingerprint density at radius 1 is 1.10 bits per heavy atom. The molecule has 1 aliphatic rings. The van der Waals surface area contributed by atoms with E-state index in [-0.39, 0.29) is 23.6 Å². The number of nitrogens with zero attached hydrogens (tertiary/aromatic N) is 5. The van der Waals surface area contributed by atoms with E-state index >= 15 is 0 Å². The Morgan fingerprint density at radius 2 is 1.84 bits per heavy atom. The lowest BCUT2D eigenvalue weighted by Gasteiger charge is -2.38. The number of carbonyl (C=O) groups is 1. The molecule has 1 aromatic carbocycles. The van der Waals surface area contributed by atoms with Crippen molar-refractivity contribution in [3.05, 3.63) is 36.3 Å². The summed E-state index contributed by atoms with van der Waals surface area (Å²) in [7, 11) is 2.96. The predicted octanol–water partition coefficient (Wildman–Crippen LogP) is 1.88. The van der Waals surface area contributed by atoms with Gasteiger partial charge in [-0.2, -0.15) is 4.98 Å². The summed E-state index contributed by atoms with van der Waals surface area (Å²) in [6, 6.07) is 4.57. The molecular formula is C21H25N7O3. The van der Waals surface area contributed by atoms with Gasteiger partial charge in [-0.25, -0.2) is 15.0 Å². The van der Waals surface area contributed by atoms with Crippen LogP contribution in [0.3, 0.4) is 0 Å². The molecule has 0 radical (unpaired) electrons. The smallest absolute Gasteiger partial charge is 0.316 e. The zero-order valence-corrected chi connectivity index (χ0v) is 17.9. The Morgan fingerprint density at radius 3 is 2.55 bits per heavy atom. The van der Waals surface area contributed by atoms with Crippen LogP contribution in [0.5, 0.6) is 11.9 Å². The monoisotopic (exact) mass is 423 g/mol. The van der Waals surface area contributed by atoms with Crippen LogP contribution in [0.2, 0.25) is 0 Å². The second-order valence-corrected chi connectivity index (χ2v) is 7.49. The number of amides is 1. The van der Waals surface area contributed by atoms with Gasteiger partial charge in [-0.3, -0.25) is 4.79 Å². The van der Waals surface area contributed by atoms with Crippen molar-refractivity contribution in [2.75, 3.05) is 37.5 Å². The molecule has 0 saturated carbocycles. The summed E-state index contributed by atoms with van der Waals surface area (Å²) in [5.41, 5.74) is 1.86. The van der Waals surface area contributed by atoms with E-state index in [1.54, 1.807) is 12.3 Å².